The molecule has 0 radical (unpaired) electrons. The average molecular weight is 474 g/mol. The summed E-state index contributed by atoms with van der Waals surface area (Å²) in [4.78, 5) is 25.0. The van der Waals surface area contributed by atoms with Gasteiger partial charge in [-0.1, -0.05) is 30.3 Å². The number of anilines is 3. The van der Waals surface area contributed by atoms with Gasteiger partial charge >= 0.3 is 0 Å². The van der Waals surface area contributed by atoms with Crippen molar-refractivity contribution in [3.05, 3.63) is 76.9 Å². The molecule has 0 unspecified atom stereocenters. The van der Waals surface area contributed by atoms with Crippen molar-refractivity contribution in [3.63, 3.8) is 0 Å². The molecule has 10 nitrogen and oxygen atoms in total. The topological polar surface area (TPSA) is 181 Å². The highest BCUT2D eigenvalue weighted by Crippen LogP contribution is 2.40. The molecule has 3 aromatic rings. The highest BCUT2D eigenvalue weighted by Gasteiger charge is 2.36. The molecule has 1 aliphatic rings. The van der Waals surface area contributed by atoms with E-state index in [2.05, 4.69) is 5.32 Å². The Bertz CT molecular complexity index is 1540. The van der Waals surface area contributed by atoms with E-state index in [-0.39, 0.29) is 28.1 Å². The maximum absolute atomic E-state index is 13.2. The van der Waals surface area contributed by atoms with E-state index >= 15 is 0 Å². The van der Waals surface area contributed by atoms with E-state index in [1.807, 2.05) is 0 Å². The quantitative estimate of drug-likeness (QED) is 0.253. The summed E-state index contributed by atoms with van der Waals surface area (Å²) in [5.74, 6) is -1.34. The number of carbonyl (C=O) groups excluding carboxylic acids is 2. The van der Waals surface area contributed by atoms with Crippen LogP contribution in [0.2, 0.25) is 0 Å². The molecular formula is C20H14N2O8S2. The predicted octanol–water partition coefficient (Wildman–Crippen LogP) is 2.28. The minimum absolute atomic E-state index is 0.0171. The van der Waals surface area contributed by atoms with Crippen LogP contribution in [0, 0.1) is 0 Å². The van der Waals surface area contributed by atoms with Crippen LogP contribution in [0.3, 0.4) is 0 Å². The Labute approximate surface area is 182 Å². The van der Waals surface area contributed by atoms with Crippen LogP contribution in [0.1, 0.15) is 31.8 Å². The van der Waals surface area contributed by atoms with Crippen molar-refractivity contribution < 1.29 is 35.5 Å². The summed E-state index contributed by atoms with van der Waals surface area (Å²) in [6, 6.07) is 11.6. The van der Waals surface area contributed by atoms with Gasteiger partial charge in [-0.05, 0) is 24.3 Å². The van der Waals surface area contributed by atoms with Crippen LogP contribution < -0.4 is 11.1 Å². The second-order valence-corrected chi connectivity index (χ2v) is 9.70. The Hall–Kier alpha value is -3.58. The third-order valence-electron chi connectivity index (χ3n) is 4.89. The second kappa shape index (κ2) is 7.24. The van der Waals surface area contributed by atoms with Gasteiger partial charge in [0.1, 0.15) is 4.90 Å². The van der Waals surface area contributed by atoms with Crippen molar-refractivity contribution in [2.75, 3.05) is 11.1 Å². The number of nitrogen functional groups attached to an aromatic ring is 1. The van der Waals surface area contributed by atoms with Crippen LogP contribution >= 0.6 is 0 Å². The predicted molar refractivity (Wildman–Crippen MR) is 114 cm³/mol. The minimum atomic E-state index is -4.90. The number of nitrogens with one attached hydrogen (secondary N) is 1. The molecule has 0 amide bonds. The molecule has 12 heteroatoms. The largest absolute Gasteiger partial charge is 0.397 e. The van der Waals surface area contributed by atoms with Gasteiger partial charge in [-0.15, -0.1) is 0 Å². The van der Waals surface area contributed by atoms with Crippen molar-refractivity contribution in [1.29, 1.82) is 0 Å². The first kappa shape index (κ1) is 21.6. The minimum Gasteiger partial charge on any atom is -0.397 e. The molecule has 3 aromatic carbocycles. The van der Waals surface area contributed by atoms with E-state index in [4.69, 9.17) is 5.73 Å². The first-order valence-electron chi connectivity index (χ1n) is 8.86. The molecule has 0 spiro atoms. The molecule has 0 heterocycles. The van der Waals surface area contributed by atoms with E-state index in [1.165, 1.54) is 30.3 Å². The molecule has 0 saturated carbocycles. The van der Waals surface area contributed by atoms with Gasteiger partial charge in [0, 0.05) is 16.8 Å². The van der Waals surface area contributed by atoms with Gasteiger partial charge < -0.3 is 11.1 Å². The van der Waals surface area contributed by atoms with Gasteiger partial charge in [0.05, 0.1) is 27.4 Å². The summed E-state index contributed by atoms with van der Waals surface area (Å²) < 4.78 is 65.5. The molecule has 5 N–H and O–H groups in total. The third kappa shape index (κ3) is 3.54. The molecule has 0 fully saturated rings. The maximum Gasteiger partial charge on any atom is 0.296 e. The van der Waals surface area contributed by atoms with E-state index in [0.717, 1.165) is 18.2 Å². The first-order valence-corrected chi connectivity index (χ1v) is 11.7. The lowest BCUT2D eigenvalue weighted by Gasteiger charge is -2.23. The first-order chi connectivity index (χ1) is 14.9. The van der Waals surface area contributed by atoms with Crippen LogP contribution in [0.25, 0.3) is 0 Å². The monoisotopic (exact) mass is 474 g/mol. The Balaban J connectivity index is 2.00. The van der Waals surface area contributed by atoms with E-state index < -0.39 is 52.8 Å². The Morgan fingerprint density at radius 2 is 1.34 bits per heavy atom. The standard InChI is InChI=1S/C20H14N2O8S2/c21-18-15(32(28,29)30)9-14(22-10-4-3-5-11(8-10)31(25,26)27)16-17(18)20(24)13-7-2-1-6-12(13)19(16)23/h1-9,22H,21H2,(H,25,26,27)(H,28,29,30). The molecule has 4 rings (SSSR count). The van der Waals surface area contributed by atoms with E-state index in [0.29, 0.717) is 0 Å². The van der Waals surface area contributed by atoms with Gasteiger partial charge in [-0.3, -0.25) is 18.7 Å². The SMILES string of the molecule is Nc1c(S(=O)(=O)O)cc(Nc2cccc(S(=O)(=O)O)c2)c2c1C(=O)c1ccccc1C2=O. The van der Waals surface area contributed by atoms with Crippen molar-refractivity contribution >= 4 is 48.9 Å². The zero-order valence-electron chi connectivity index (χ0n) is 15.9. The maximum atomic E-state index is 13.2. The smallest absolute Gasteiger partial charge is 0.296 e. The zero-order valence-corrected chi connectivity index (χ0v) is 17.6. The number of hydrogen-bond donors (Lipinski definition) is 4. The van der Waals surface area contributed by atoms with Gasteiger partial charge in [0.15, 0.2) is 11.6 Å². The average Bonchev–Trinajstić information content (AvgIpc) is 2.71. The third-order valence-corrected chi connectivity index (χ3v) is 6.63. The molecule has 164 valence electrons. The Kier molecular flexibility index (Phi) is 4.90. The van der Waals surface area contributed by atoms with Gasteiger partial charge in [0.25, 0.3) is 20.2 Å². The van der Waals surface area contributed by atoms with E-state index in [9.17, 15) is 35.5 Å². The summed E-state index contributed by atoms with van der Waals surface area (Å²) in [5.41, 5.74) is 4.58. The molecule has 1 aliphatic carbocycles. The van der Waals surface area contributed by atoms with Crippen LogP contribution in [0.4, 0.5) is 17.1 Å². The van der Waals surface area contributed by atoms with Gasteiger partial charge in [0.2, 0.25) is 0 Å². The van der Waals surface area contributed by atoms with Gasteiger partial charge in [-0.25, -0.2) is 0 Å². The lowest BCUT2D eigenvalue weighted by molar-refractivity contribution is 0.0980. The van der Waals surface area contributed by atoms with Gasteiger partial charge in [-0.2, -0.15) is 16.8 Å². The lowest BCUT2D eigenvalue weighted by atomic mass is 9.82. The van der Waals surface area contributed by atoms with Crippen molar-refractivity contribution in [3.8, 4) is 0 Å². The lowest BCUT2D eigenvalue weighted by Crippen LogP contribution is -2.25. The highest BCUT2D eigenvalue weighted by molar-refractivity contribution is 7.86. The fourth-order valence-electron chi connectivity index (χ4n) is 3.50. The number of carbonyl (C=O) groups is 2. The number of rotatable bonds is 4. The fourth-order valence-corrected chi connectivity index (χ4v) is 4.67. The molecule has 0 aromatic heterocycles. The number of fused-ring (bicyclic) bond motifs is 2. The van der Waals surface area contributed by atoms with Crippen LogP contribution in [0.15, 0.2) is 64.4 Å². The van der Waals surface area contributed by atoms with Crippen molar-refractivity contribution in [2.24, 2.45) is 0 Å². The number of hydrogen-bond acceptors (Lipinski definition) is 8. The summed E-state index contributed by atoms with van der Waals surface area (Å²) in [6.07, 6.45) is 0. The molecule has 0 bridgehead atoms. The molecule has 0 aliphatic heterocycles. The Morgan fingerprint density at radius 3 is 1.91 bits per heavy atom. The normalized spacial score (nSPS) is 13.4. The fraction of sp³-hybridized carbons (Fsp3) is 0. The number of ketones is 2. The number of nitrogens with two attached hydrogens (primary N) is 1. The Morgan fingerprint density at radius 1 is 0.750 bits per heavy atom. The molecular weight excluding hydrogens is 460 g/mol. The highest BCUT2D eigenvalue weighted by atomic mass is 32.2. The van der Waals surface area contributed by atoms with Crippen molar-refractivity contribution in [1.82, 2.24) is 0 Å². The number of benzene rings is 3. The molecule has 0 saturated heterocycles. The summed E-state index contributed by atoms with van der Waals surface area (Å²) >= 11 is 0. The summed E-state index contributed by atoms with van der Waals surface area (Å²) in [5, 5.41) is 2.69. The summed E-state index contributed by atoms with van der Waals surface area (Å²) in [6.45, 7) is 0. The molecule has 32 heavy (non-hydrogen) atoms. The van der Waals surface area contributed by atoms with Crippen LogP contribution in [-0.4, -0.2) is 37.5 Å². The summed E-state index contributed by atoms with van der Waals surface area (Å²) in [7, 11) is -9.45. The molecule has 0 atom stereocenters. The second-order valence-electron chi connectivity index (χ2n) is 6.89. The van der Waals surface area contributed by atoms with Crippen LogP contribution in [-0.2, 0) is 20.2 Å². The van der Waals surface area contributed by atoms with Crippen molar-refractivity contribution in [2.45, 2.75) is 9.79 Å². The zero-order chi connectivity index (χ0) is 23.4. The van der Waals surface area contributed by atoms with Crippen LogP contribution in [0.5, 0.6) is 0 Å². The van der Waals surface area contributed by atoms with E-state index in [1.54, 1.807) is 6.07 Å².